The Labute approximate surface area is 171 Å². The minimum Gasteiger partial charge on any atom is -0.461 e. The molecule has 28 heavy (non-hydrogen) atoms. The van der Waals surface area contributed by atoms with E-state index in [9.17, 15) is 4.79 Å². The van der Waals surface area contributed by atoms with Gasteiger partial charge in [0.1, 0.15) is 17.9 Å². The Morgan fingerprint density at radius 2 is 2.14 bits per heavy atom. The summed E-state index contributed by atoms with van der Waals surface area (Å²) in [5.41, 5.74) is 1.91. The van der Waals surface area contributed by atoms with Gasteiger partial charge in [0, 0.05) is 31.0 Å². The standard InChI is InChI=1S/C20H20N4O2S2/c1-3-15-14(13-7-4-5-8-16(13)26-15)11-23(2)18(25)12-24-19(21-22-20(24)27)17-9-6-10-28-17/h4-10H,3,11-12H2,1-2H3,(H,22,27). The number of benzene rings is 1. The lowest BCUT2D eigenvalue weighted by molar-refractivity contribution is -0.131. The number of fused-ring (bicyclic) bond motifs is 1. The first-order valence-electron chi connectivity index (χ1n) is 9.00. The van der Waals surface area contributed by atoms with Crippen LogP contribution in [-0.4, -0.2) is 32.6 Å². The highest BCUT2D eigenvalue weighted by Gasteiger charge is 2.19. The smallest absolute Gasteiger partial charge is 0.242 e. The van der Waals surface area contributed by atoms with Crippen LogP contribution in [-0.2, 0) is 24.3 Å². The number of aromatic amines is 1. The third kappa shape index (κ3) is 3.41. The predicted octanol–water partition coefficient (Wildman–Crippen LogP) is 4.64. The molecule has 1 amide bonds. The van der Waals surface area contributed by atoms with Gasteiger partial charge < -0.3 is 9.32 Å². The summed E-state index contributed by atoms with van der Waals surface area (Å²) in [4.78, 5) is 15.6. The third-order valence-corrected chi connectivity index (χ3v) is 5.89. The lowest BCUT2D eigenvalue weighted by atomic mass is 10.1. The molecule has 0 saturated heterocycles. The number of para-hydroxylation sites is 1. The largest absolute Gasteiger partial charge is 0.461 e. The summed E-state index contributed by atoms with van der Waals surface area (Å²) < 4.78 is 8.13. The second kappa shape index (κ2) is 7.73. The van der Waals surface area contributed by atoms with Gasteiger partial charge in [-0.1, -0.05) is 31.2 Å². The van der Waals surface area contributed by atoms with Crippen molar-refractivity contribution in [3.8, 4) is 10.7 Å². The zero-order valence-electron chi connectivity index (χ0n) is 15.6. The van der Waals surface area contributed by atoms with E-state index in [1.165, 1.54) is 0 Å². The van der Waals surface area contributed by atoms with Crippen molar-refractivity contribution < 1.29 is 9.21 Å². The summed E-state index contributed by atoms with van der Waals surface area (Å²) in [5, 5.41) is 10.1. The fourth-order valence-corrected chi connectivity index (χ4v) is 4.17. The average molecular weight is 413 g/mol. The van der Waals surface area contributed by atoms with E-state index in [2.05, 4.69) is 17.1 Å². The molecule has 4 rings (SSSR count). The Morgan fingerprint density at radius 1 is 1.32 bits per heavy atom. The molecular formula is C20H20N4O2S2. The molecule has 4 aromatic rings. The Kier molecular flexibility index (Phi) is 5.15. The molecule has 8 heteroatoms. The molecule has 0 aliphatic rings. The van der Waals surface area contributed by atoms with Crippen molar-refractivity contribution in [1.82, 2.24) is 19.7 Å². The second-order valence-electron chi connectivity index (χ2n) is 6.52. The van der Waals surface area contributed by atoms with Gasteiger partial charge in [0.25, 0.3) is 0 Å². The topological polar surface area (TPSA) is 67.1 Å². The minimum absolute atomic E-state index is 0.0392. The fourth-order valence-electron chi connectivity index (χ4n) is 3.25. The number of carbonyl (C=O) groups is 1. The molecule has 144 valence electrons. The van der Waals surface area contributed by atoms with Gasteiger partial charge in [0.2, 0.25) is 5.91 Å². The van der Waals surface area contributed by atoms with Gasteiger partial charge in [-0.25, -0.2) is 0 Å². The van der Waals surface area contributed by atoms with Crippen LogP contribution >= 0.6 is 23.6 Å². The minimum atomic E-state index is -0.0392. The number of amides is 1. The number of aromatic nitrogens is 3. The van der Waals surface area contributed by atoms with Gasteiger partial charge in [0.15, 0.2) is 10.6 Å². The number of likely N-dealkylation sites (N-methyl/N-ethyl adjacent to an activating group) is 1. The van der Waals surface area contributed by atoms with Gasteiger partial charge in [-0.05, 0) is 29.7 Å². The number of thiophene rings is 1. The number of hydrogen-bond acceptors (Lipinski definition) is 5. The summed E-state index contributed by atoms with van der Waals surface area (Å²) in [6, 6.07) is 11.8. The highest BCUT2D eigenvalue weighted by Crippen LogP contribution is 2.27. The van der Waals surface area contributed by atoms with E-state index in [4.69, 9.17) is 16.6 Å². The van der Waals surface area contributed by atoms with Gasteiger partial charge in [-0.3, -0.25) is 14.5 Å². The SMILES string of the molecule is CCc1oc2ccccc2c1CN(C)C(=O)Cn1c(-c2cccs2)n[nH]c1=S. The zero-order valence-corrected chi connectivity index (χ0v) is 17.3. The molecule has 0 unspecified atom stereocenters. The van der Waals surface area contributed by atoms with Crippen LogP contribution in [0.4, 0.5) is 0 Å². The summed E-state index contributed by atoms with van der Waals surface area (Å²) in [7, 11) is 1.80. The quantitative estimate of drug-likeness (QED) is 0.469. The van der Waals surface area contributed by atoms with E-state index in [0.29, 0.717) is 17.1 Å². The number of H-pyrrole nitrogens is 1. The predicted molar refractivity (Wildman–Crippen MR) is 113 cm³/mol. The fraction of sp³-hybridized carbons (Fsp3) is 0.250. The number of carbonyl (C=O) groups excluding carboxylic acids is 1. The Balaban J connectivity index is 1.58. The Hall–Kier alpha value is -2.71. The number of nitrogens with zero attached hydrogens (tertiary/aromatic N) is 3. The summed E-state index contributed by atoms with van der Waals surface area (Å²) in [6.07, 6.45) is 0.779. The molecule has 0 bridgehead atoms. The van der Waals surface area contributed by atoms with E-state index >= 15 is 0 Å². The molecule has 3 heterocycles. The molecule has 3 aromatic heterocycles. The first-order chi connectivity index (χ1) is 13.6. The second-order valence-corrected chi connectivity index (χ2v) is 7.85. The number of furan rings is 1. The van der Waals surface area contributed by atoms with Crippen molar-refractivity contribution in [2.45, 2.75) is 26.4 Å². The number of hydrogen-bond donors (Lipinski definition) is 1. The van der Waals surface area contributed by atoms with E-state index in [-0.39, 0.29) is 12.5 Å². The van der Waals surface area contributed by atoms with E-state index < -0.39 is 0 Å². The molecule has 1 N–H and O–H groups in total. The maximum atomic E-state index is 12.9. The lowest BCUT2D eigenvalue weighted by Crippen LogP contribution is -2.30. The first-order valence-corrected chi connectivity index (χ1v) is 10.3. The van der Waals surface area contributed by atoms with E-state index in [0.717, 1.165) is 33.6 Å². The normalized spacial score (nSPS) is 11.2. The molecule has 0 aliphatic carbocycles. The average Bonchev–Trinajstić information content (AvgIpc) is 3.42. The van der Waals surface area contributed by atoms with Crippen LogP contribution in [0.15, 0.2) is 46.2 Å². The van der Waals surface area contributed by atoms with Crippen molar-refractivity contribution in [1.29, 1.82) is 0 Å². The van der Waals surface area contributed by atoms with Crippen molar-refractivity contribution in [3.63, 3.8) is 0 Å². The molecule has 1 aromatic carbocycles. The van der Waals surface area contributed by atoms with Crippen LogP contribution < -0.4 is 0 Å². The highest BCUT2D eigenvalue weighted by atomic mass is 32.1. The number of aryl methyl sites for hydroxylation is 1. The molecule has 0 atom stereocenters. The molecule has 0 saturated carbocycles. The van der Waals surface area contributed by atoms with Crippen LogP contribution in [0.2, 0.25) is 0 Å². The monoisotopic (exact) mass is 412 g/mol. The Morgan fingerprint density at radius 3 is 2.89 bits per heavy atom. The van der Waals surface area contributed by atoms with Gasteiger partial charge in [-0.15, -0.1) is 11.3 Å². The summed E-state index contributed by atoms with van der Waals surface area (Å²) >= 11 is 6.90. The first kappa shape index (κ1) is 18.6. The Bertz CT molecular complexity index is 1170. The van der Waals surface area contributed by atoms with Crippen LogP contribution in [0.3, 0.4) is 0 Å². The lowest BCUT2D eigenvalue weighted by Gasteiger charge is -2.18. The zero-order chi connectivity index (χ0) is 19.7. The summed E-state index contributed by atoms with van der Waals surface area (Å²) in [5.74, 6) is 1.56. The van der Waals surface area contributed by atoms with Crippen molar-refractivity contribution in [2.75, 3.05) is 7.05 Å². The van der Waals surface area contributed by atoms with E-state index in [1.807, 2.05) is 41.8 Å². The van der Waals surface area contributed by atoms with E-state index in [1.54, 1.807) is 27.9 Å². The molecular weight excluding hydrogens is 392 g/mol. The van der Waals surface area contributed by atoms with Crippen LogP contribution in [0, 0.1) is 4.77 Å². The number of rotatable bonds is 6. The molecule has 0 spiro atoms. The van der Waals surface area contributed by atoms with Crippen LogP contribution in [0.1, 0.15) is 18.2 Å². The molecule has 0 radical (unpaired) electrons. The van der Waals surface area contributed by atoms with Crippen LogP contribution in [0.5, 0.6) is 0 Å². The van der Waals surface area contributed by atoms with Crippen molar-refractivity contribution >= 4 is 40.4 Å². The molecule has 6 nitrogen and oxygen atoms in total. The van der Waals surface area contributed by atoms with Crippen LogP contribution in [0.25, 0.3) is 21.7 Å². The maximum Gasteiger partial charge on any atom is 0.242 e. The number of nitrogens with one attached hydrogen (secondary N) is 1. The summed E-state index contributed by atoms with van der Waals surface area (Å²) in [6.45, 7) is 2.68. The molecule has 0 fully saturated rings. The van der Waals surface area contributed by atoms with Gasteiger partial charge >= 0.3 is 0 Å². The third-order valence-electron chi connectivity index (χ3n) is 4.72. The van der Waals surface area contributed by atoms with Gasteiger partial charge in [0.05, 0.1) is 4.88 Å². The maximum absolute atomic E-state index is 12.9. The van der Waals surface area contributed by atoms with Gasteiger partial charge in [-0.2, -0.15) is 5.10 Å². The molecule has 0 aliphatic heterocycles. The van der Waals surface area contributed by atoms with Crippen molar-refractivity contribution in [2.24, 2.45) is 0 Å². The highest BCUT2D eigenvalue weighted by molar-refractivity contribution is 7.71. The van der Waals surface area contributed by atoms with Crippen molar-refractivity contribution in [3.05, 3.63) is 57.9 Å².